The van der Waals surface area contributed by atoms with Gasteiger partial charge >= 0.3 is 0 Å². The van der Waals surface area contributed by atoms with Gasteiger partial charge in [0.2, 0.25) is 0 Å². The summed E-state index contributed by atoms with van der Waals surface area (Å²) in [5.74, 6) is -0.485. The van der Waals surface area contributed by atoms with Crippen molar-refractivity contribution in [3.05, 3.63) is 65.2 Å². The van der Waals surface area contributed by atoms with E-state index in [-0.39, 0.29) is 24.2 Å². The quantitative estimate of drug-likeness (QED) is 0.485. The van der Waals surface area contributed by atoms with Crippen LogP contribution in [0.4, 0.5) is 0 Å². The molecule has 26 heavy (non-hydrogen) atoms. The number of imide groups is 1. The van der Waals surface area contributed by atoms with Crippen molar-refractivity contribution in [2.75, 3.05) is 6.54 Å². The molecule has 0 atom stereocenters. The molecular weight excluding hydrogens is 373 g/mol. The van der Waals surface area contributed by atoms with Gasteiger partial charge < -0.3 is 4.57 Å². The van der Waals surface area contributed by atoms with Crippen LogP contribution in [0.1, 0.15) is 33.6 Å². The zero-order valence-electron chi connectivity index (χ0n) is 13.9. The van der Waals surface area contributed by atoms with Crippen molar-refractivity contribution < 1.29 is 9.59 Å². The summed E-state index contributed by atoms with van der Waals surface area (Å²) >= 11 is 6.22. The third kappa shape index (κ3) is 3.08. The van der Waals surface area contributed by atoms with E-state index in [0.29, 0.717) is 28.1 Å². The Labute approximate surface area is 162 Å². The van der Waals surface area contributed by atoms with Crippen molar-refractivity contribution in [1.29, 1.82) is 0 Å². The Morgan fingerprint density at radius 1 is 0.962 bits per heavy atom. The number of rotatable bonds is 5. The number of imidazole rings is 1. The maximum atomic E-state index is 12.8. The second kappa shape index (κ2) is 7.48. The molecule has 0 radical (unpaired) electrons. The maximum Gasteiger partial charge on any atom is 0.261 e. The minimum atomic E-state index is -0.243. The largest absolute Gasteiger partial charge is 0.337 e. The van der Waals surface area contributed by atoms with E-state index in [2.05, 4.69) is 4.98 Å². The predicted octanol–water partition coefficient (Wildman–Crippen LogP) is 4.19. The van der Waals surface area contributed by atoms with Gasteiger partial charge in [0.1, 0.15) is 0 Å². The second-order valence-corrected chi connectivity index (χ2v) is 6.50. The standard InChI is InChI=1S/C19H16ClN3O2.ClH/c20-16-7-6-15-17-13(16)4-3-5-14(17)18(24)23(19(15)25)10-2-1-9-22-11-8-21-12-22;/h3-8,11-12H,1-2,9-10H2;1H. The first-order valence-corrected chi connectivity index (χ1v) is 8.58. The van der Waals surface area contributed by atoms with Crippen molar-refractivity contribution in [2.45, 2.75) is 19.4 Å². The highest BCUT2D eigenvalue weighted by molar-refractivity contribution is 6.38. The molecule has 3 aromatic rings. The fourth-order valence-corrected chi connectivity index (χ4v) is 3.52. The lowest BCUT2D eigenvalue weighted by molar-refractivity contribution is 0.0607. The number of nitrogens with zero attached hydrogens (tertiary/aromatic N) is 3. The number of benzene rings is 2. The number of carbonyl (C=O) groups excluding carboxylic acids is 2. The van der Waals surface area contributed by atoms with Gasteiger partial charge in [-0.25, -0.2) is 4.98 Å². The Hall–Kier alpha value is -2.37. The summed E-state index contributed by atoms with van der Waals surface area (Å²) in [6.45, 7) is 1.23. The van der Waals surface area contributed by atoms with E-state index in [1.54, 1.807) is 36.8 Å². The molecule has 1 aliphatic heterocycles. The zero-order valence-corrected chi connectivity index (χ0v) is 15.5. The van der Waals surface area contributed by atoms with E-state index < -0.39 is 0 Å². The first kappa shape index (κ1) is 18.4. The van der Waals surface area contributed by atoms with Crippen molar-refractivity contribution in [2.24, 2.45) is 0 Å². The highest BCUT2D eigenvalue weighted by atomic mass is 35.5. The molecule has 0 bridgehead atoms. The van der Waals surface area contributed by atoms with Crippen LogP contribution in [0.5, 0.6) is 0 Å². The Morgan fingerprint density at radius 2 is 1.69 bits per heavy atom. The zero-order chi connectivity index (χ0) is 17.4. The minimum Gasteiger partial charge on any atom is -0.337 e. The van der Waals surface area contributed by atoms with Gasteiger partial charge in [0.25, 0.3) is 11.8 Å². The molecule has 0 saturated carbocycles. The number of carbonyl (C=O) groups is 2. The number of aromatic nitrogens is 2. The average molecular weight is 390 g/mol. The van der Waals surface area contributed by atoms with Gasteiger partial charge in [-0.2, -0.15) is 0 Å². The SMILES string of the molecule is Cl.O=C1c2cccc3c(Cl)ccc(c23)C(=O)N1CCCCn1ccnc1. The molecule has 0 unspecified atom stereocenters. The smallest absolute Gasteiger partial charge is 0.261 e. The summed E-state index contributed by atoms with van der Waals surface area (Å²) in [5.41, 5.74) is 1.09. The van der Waals surface area contributed by atoms with Crippen molar-refractivity contribution in [1.82, 2.24) is 14.5 Å². The van der Waals surface area contributed by atoms with Crippen LogP contribution in [0.2, 0.25) is 5.02 Å². The van der Waals surface area contributed by atoms with Crippen molar-refractivity contribution >= 4 is 46.6 Å². The molecule has 7 heteroatoms. The van der Waals surface area contributed by atoms with Gasteiger partial charge in [0.05, 0.1) is 6.33 Å². The number of aryl methyl sites for hydroxylation is 1. The number of halogens is 2. The normalized spacial score (nSPS) is 13.2. The van der Waals surface area contributed by atoms with Crippen LogP contribution in [0, 0.1) is 0 Å². The lowest BCUT2D eigenvalue weighted by Gasteiger charge is -2.27. The van der Waals surface area contributed by atoms with Crippen molar-refractivity contribution in [3.8, 4) is 0 Å². The van der Waals surface area contributed by atoms with E-state index in [1.807, 2.05) is 16.8 Å². The highest BCUT2D eigenvalue weighted by Gasteiger charge is 2.32. The summed E-state index contributed by atoms with van der Waals surface area (Å²) in [4.78, 5) is 30.9. The molecule has 2 aromatic carbocycles. The molecule has 2 amide bonds. The van der Waals surface area contributed by atoms with Gasteiger partial charge in [0, 0.05) is 52.4 Å². The monoisotopic (exact) mass is 389 g/mol. The Morgan fingerprint density at radius 3 is 2.42 bits per heavy atom. The van der Waals surface area contributed by atoms with Gasteiger partial charge in [-0.05, 0) is 31.0 Å². The fraction of sp³-hybridized carbons (Fsp3) is 0.211. The van der Waals surface area contributed by atoms with Crippen LogP contribution in [0.3, 0.4) is 0 Å². The lowest BCUT2D eigenvalue weighted by atomic mass is 9.94. The van der Waals surface area contributed by atoms with Crippen LogP contribution >= 0.6 is 24.0 Å². The first-order valence-electron chi connectivity index (χ1n) is 8.20. The average Bonchev–Trinajstić information content (AvgIpc) is 3.13. The molecule has 1 aliphatic rings. The van der Waals surface area contributed by atoms with Crippen LogP contribution in [0.25, 0.3) is 10.8 Å². The van der Waals surface area contributed by atoms with Crippen LogP contribution in [-0.2, 0) is 6.54 Å². The molecule has 0 N–H and O–H groups in total. The molecule has 0 fully saturated rings. The third-order valence-corrected chi connectivity index (χ3v) is 4.88. The van der Waals surface area contributed by atoms with Gasteiger partial charge in [-0.15, -0.1) is 12.4 Å². The molecule has 0 aliphatic carbocycles. The molecule has 134 valence electrons. The number of amides is 2. The summed E-state index contributed by atoms with van der Waals surface area (Å²) in [6.07, 6.45) is 7.01. The predicted molar refractivity (Wildman–Crippen MR) is 103 cm³/mol. The molecule has 4 rings (SSSR count). The summed E-state index contributed by atoms with van der Waals surface area (Å²) in [6, 6.07) is 8.83. The molecule has 5 nitrogen and oxygen atoms in total. The van der Waals surface area contributed by atoms with Crippen LogP contribution in [0.15, 0.2) is 49.1 Å². The van der Waals surface area contributed by atoms with Crippen LogP contribution in [-0.4, -0.2) is 32.8 Å². The third-order valence-electron chi connectivity index (χ3n) is 4.55. The van der Waals surface area contributed by atoms with Gasteiger partial charge in [-0.3, -0.25) is 14.5 Å². The first-order chi connectivity index (χ1) is 12.2. The van der Waals surface area contributed by atoms with E-state index in [4.69, 9.17) is 11.6 Å². The maximum absolute atomic E-state index is 12.8. The molecule has 2 heterocycles. The Balaban J connectivity index is 0.00000196. The number of unbranched alkanes of at least 4 members (excludes halogenated alkanes) is 1. The summed E-state index contributed by atoms with van der Waals surface area (Å²) in [7, 11) is 0. The number of hydrogen-bond acceptors (Lipinski definition) is 3. The highest BCUT2D eigenvalue weighted by Crippen LogP contribution is 2.34. The van der Waals surface area contributed by atoms with E-state index in [0.717, 1.165) is 24.8 Å². The molecule has 0 spiro atoms. The van der Waals surface area contributed by atoms with E-state index in [9.17, 15) is 9.59 Å². The van der Waals surface area contributed by atoms with Crippen LogP contribution < -0.4 is 0 Å². The minimum absolute atomic E-state index is 0. The lowest BCUT2D eigenvalue weighted by Crippen LogP contribution is -2.40. The second-order valence-electron chi connectivity index (χ2n) is 6.09. The van der Waals surface area contributed by atoms with E-state index in [1.165, 1.54) is 4.90 Å². The summed E-state index contributed by atoms with van der Waals surface area (Å²) in [5, 5.41) is 1.97. The molecular formula is C19H17Cl2N3O2. The number of hydrogen-bond donors (Lipinski definition) is 0. The van der Waals surface area contributed by atoms with Gasteiger partial charge in [-0.1, -0.05) is 23.7 Å². The van der Waals surface area contributed by atoms with E-state index >= 15 is 0 Å². The molecule has 0 saturated heterocycles. The molecule has 1 aromatic heterocycles. The topological polar surface area (TPSA) is 55.2 Å². The fourth-order valence-electron chi connectivity index (χ4n) is 3.30. The van der Waals surface area contributed by atoms with Gasteiger partial charge in [0.15, 0.2) is 0 Å². The Bertz CT molecular complexity index is 948. The summed E-state index contributed by atoms with van der Waals surface area (Å²) < 4.78 is 1.98. The Kier molecular flexibility index (Phi) is 5.30. The van der Waals surface area contributed by atoms with Crippen molar-refractivity contribution in [3.63, 3.8) is 0 Å².